The third kappa shape index (κ3) is 2.95. The summed E-state index contributed by atoms with van der Waals surface area (Å²) in [5.74, 6) is 0. The first kappa shape index (κ1) is 15.9. The SMILES string of the molecule is CC[P](c1ccccc1)(c1ccccc1)c1ccc(CN)cc1. The average Bonchev–Trinajstić information content (AvgIpc) is 2.65. The van der Waals surface area contributed by atoms with Gasteiger partial charge in [-0.25, -0.2) is 0 Å². The molecule has 0 saturated heterocycles. The molecule has 3 aromatic carbocycles. The second kappa shape index (κ2) is 7.08. The molecule has 0 bridgehead atoms. The predicted molar refractivity (Wildman–Crippen MR) is 104 cm³/mol. The van der Waals surface area contributed by atoms with E-state index in [9.17, 15) is 0 Å². The van der Waals surface area contributed by atoms with Gasteiger partial charge >= 0.3 is 0 Å². The highest BCUT2D eigenvalue weighted by molar-refractivity contribution is 7.95. The highest BCUT2D eigenvalue weighted by Crippen LogP contribution is 2.54. The fraction of sp³-hybridized carbons (Fsp3) is 0.143. The molecular weight excluding hydrogens is 297 g/mol. The Labute approximate surface area is 139 Å². The number of nitrogens with two attached hydrogens (primary N) is 1. The lowest BCUT2D eigenvalue weighted by Crippen LogP contribution is -2.32. The Morgan fingerprint density at radius 1 is 0.652 bits per heavy atom. The standard InChI is InChI=1S/C21H23NP/c1-2-23(19-9-5-3-6-10-19,20-11-7-4-8-12-20)21-15-13-18(17-22)14-16-21/h3-16H,2,17,22H2,1H3. The van der Waals surface area contributed by atoms with Crippen LogP contribution in [0.2, 0.25) is 0 Å². The van der Waals surface area contributed by atoms with Crippen LogP contribution >= 0.6 is 7.26 Å². The Morgan fingerprint density at radius 3 is 1.48 bits per heavy atom. The maximum Gasteiger partial charge on any atom is 0.0178 e. The van der Waals surface area contributed by atoms with E-state index in [0.717, 1.165) is 6.16 Å². The lowest BCUT2D eigenvalue weighted by atomic mass is 10.2. The Hall–Kier alpha value is -1.95. The van der Waals surface area contributed by atoms with Crippen molar-refractivity contribution in [3.05, 3.63) is 90.5 Å². The minimum Gasteiger partial charge on any atom is -0.326 e. The van der Waals surface area contributed by atoms with Gasteiger partial charge in [-0.05, 0) is 34.9 Å². The van der Waals surface area contributed by atoms with Crippen molar-refractivity contribution in [1.82, 2.24) is 0 Å². The molecule has 0 aliphatic heterocycles. The summed E-state index contributed by atoms with van der Waals surface area (Å²) in [7, 11) is -1.61. The highest BCUT2D eigenvalue weighted by Gasteiger charge is 2.31. The molecule has 0 aliphatic carbocycles. The van der Waals surface area contributed by atoms with E-state index in [-0.39, 0.29) is 0 Å². The average molecular weight is 320 g/mol. The zero-order valence-electron chi connectivity index (χ0n) is 13.5. The Morgan fingerprint density at radius 2 is 1.09 bits per heavy atom. The number of rotatable bonds is 5. The molecule has 2 heteroatoms. The summed E-state index contributed by atoms with van der Waals surface area (Å²) in [4.78, 5) is 0. The van der Waals surface area contributed by atoms with Gasteiger partial charge in [0.2, 0.25) is 0 Å². The molecule has 1 radical (unpaired) electrons. The molecule has 0 fully saturated rings. The van der Waals surface area contributed by atoms with Gasteiger partial charge in [-0.2, -0.15) is 0 Å². The van der Waals surface area contributed by atoms with Crippen molar-refractivity contribution in [1.29, 1.82) is 0 Å². The zero-order valence-corrected chi connectivity index (χ0v) is 14.4. The summed E-state index contributed by atoms with van der Waals surface area (Å²) in [6.45, 7) is 2.90. The lowest BCUT2D eigenvalue weighted by Gasteiger charge is -2.37. The van der Waals surface area contributed by atoms with Crippen LogP contribution in [0.5, 0.6) is 0 Å². The van der Waals surface area contributed by atoms with E-state index in [0.29, 0.717) is 6.54 Å². The molecule has 117 valence electrons. The number of hydrogen-bond acceptors (Lipinski definition) is 1. The number of benzene rings is 3. The highest BCUT2D eigenvalue weighted by atomic mass is 31.2. The third-order valence-electron chi connectivity index (χ3n) is 4.48. The van der Waals surface area contributed by atoms with E-state index < -0.39 is 7.26 Å². The maximum atomic E-state index is 5.77. The fourth-order valence-corrected chi connectivity index (χ4v) is 7.26. The topological polar surface area (TPSA) is 26.0 Å². The fourth-order valence-electron chi connectivity index (χ4n) is 3.25. The van der Waals surface area contributed by atoms with Gasteiger partial charge in [0.25, 0.3) is 0 Å². The van der Waals surface area contributed by atoms with Gasteiger partial charge < -0.3 is 5.73 Å². The summed E-state index contributed by atoms with van der Waals surface area (Å²) in [6, 6.07) is 30.8. The Balaban J connectivity index is 2.24. The second-order valence-electron chi connectivity index (χ2n) is 5.67. The first-order chi connectivity index (χ1) is 11.3. The van der Waals surface area contributed by atoms with Gasteiger partial charge in [0.05, 0.1) is 0 Å². The molecule has 3 rings (SSSR count). The van der Waals surface area contributed by atoms with Crippen molar-refractivity contribution in [2.24, 2.45) is 5.73 Å². The largest absolute Gasteiger partial charge is 0.326 e. The first-order valence-electron chi connectivity index (χ1n) is 8.10. The molecule has 0 aromatic heterocycles. The van der Waals surface area contributed by atoms with Crippen molar-refractivity contribution >= 4 is 23.2 Å². The molecule has 0 unspecified atom stereocenters. The van der Waals surface area contributed by atoms with Crippen LogP contribution in [0.1, 0.15) is 12.5 Å². The van der Waals surface area contributed by atoms with Crippen molar-refractivity contribution in [3.8, 4) is 0 Å². The zero-order chi connectivity index (χ0) is 16.1. The molecular formula is C21H23NP. The molecule has 1 nitrogen and oxygen atoms in total. The lowest BCUT2D eigenvalue weighted by molar-refractivity contribution is 1.07. The van der Waals surface area contributed by atoms with Gasteiger partial charge in [0.15, 0.2) is 0 Å². The summed E-state index contributed by atoms with van der Waals surface area (Å²) >= 11 is 0. The predicted octanol–water partition coefficient (Wildman–Crippen LogP) is 3.46. The van der Waals surface area contributed by atoms with Crippen LogP contribution in [0, 0.1) is 0 Å². The second-order valence-corrected chi connectivity index (χ2v) is 9.47. The van der Waals surface area contributed by atoms with Crippen LogP contribution < -0.4 is 21.6 Å². The van der Waals surface area contributed by atoms with E-state index in [4.69, 9.17) is 5.73 Å². The molecule has 3 aromatic rings. The Kier molecular flexibility index (Phi) is 4.91. The van der Waals surface area contributed by atoms with Crippen LogP contribution in [0.4, 0.5) is 0 Å². The molecule has 0 saturated carbocycles. The van der Waals surface area contributed by atoms with Crippen LogP contribution in [0.15, 0.2) is 84.9 Å². The van der Waals surface area contributed by atoms with Crippen LogP contribution in [0.3, 0.4) is 0 Å². The van der Waals surface area contributed by atoms with Gasteiger partial charge in [-0.15, -0.1) is 0 Å². The molecule has 0 spiro atoms. The van der Waals surface area contributed by atoms with Crippen LogP contribution in [0.25, 0.3) is 0 Å². The van der Waals surface area contributed by atoms with E-state index in [2.05, 4.69) is 91.9 Å². The van der Waals surface area contributed by atoms with Crippen molar-refractivity contribution in [3.63, 3.8) is 0 Å². The van der Waals surface area contributed by atoms with Gasteiger partial charge in [-0.1, -0.05) is 91.9 Å². The van der Waals surface area contributed by atoms with E-state index in [1.54, 1.807) is 0 Å². The summed E-state index contributed by atoms with van der Waals surface area (Å²) in [5, 5.41) is 4.30. The minimum atomic E-state index is -1.61. The molecule has 0 heterocycles. The quantitative estimate of drug-likeness (QED) is 0.716. The van der Waals surface area contributed by atoms with Crippen molar-refractivity contribution < 1.29 is 0 Å². The summed E-state index contributed by atoms with van der Waals surface area (Å²) < 4.78 is 0. The van der Waals surface area contributed by atoms with Crippen LogP contribution in [-0.2, 0) is 6.54 Å². The van der Waals surface area contributed by atoms with Crippen LogP contribution in [-0.4, -0.2) is 6.16 Å². The molecule has 0 amide bonds. The molecule has 0 aliphatic rings. The Bertz CT molecular complexity index is 696. The molecule has 0 atom stereocenters. The van der Waals surface area contributed by atoms with Gasteiger partial charge in [0.1, 0.15) is 0 Å². The third-order valence-corrected chi connectivity index (χ3v) is 8.97. The van der Waals surface area contributed by atoms with Crippen molar-refractivity contribution in [2.45, 2.75) is 13.5 Å². The summed E-state index contributed by atoms with van der Waals surface area (Å²) in [6.07, 6.45) is 1.11. The van der Waals surface area contributed by atoms with Gasteiger partial charge in [-0.3, -0.25) is 0 Å². The summed E-state index contributed by atoms with van der Waals surface area (Å²) in [5.41, 5.74) is 6.96. The van der Waals surface area contributed by atoms with E-state index >= 15 is 0 Å². The van der Waals surface area contributed by atoms with E-state index in [1.807, 2.05) is 0 Å². The normalized spacial score (nSPS) is 11.4. The van der Waals surface area contributed by atoms with Crippen molar-refractivity contribution in [2.75, 3.05) is 6.16 Å². The monoisotopic (exact) mass is 320 g/mol. The molecule has 23 heavy (non-hydrogen) atoms. The van der Waals surface area contributed by atoms with Gasteiger partial charge in [0, 0.05) is 6.54 Å². The minimum absolute atomic E-state index is 0.592. The molecule has 2 N–H and O–H groups in total. The smallest absolute Gasteiger partial charge is 0.0178 e. The number of hydrogen-bond donors (Lipinski definition) is 1. The van der Waals surface area contributed by atoms with E-state index in [1.165, 1.54) is 21.5 Å². The first-order valence-corrected chi connectivity index (χ1v) is 10.1. The maximum absolute atomic E-state index is 5.77.